The van der Waals surface area contributed by atoms with Crippen molar-refractivity contribution < 1.29 is 18.7 Å². The molecule has 2 heterocycles. The number of aromatic amines is 1. The molecular formula is C17H14FN3O3. The summed E-state index contributed by atoms with van der Waals surface area (Å²) >= 11 is 0. The van der Waals surface area contributed by atoms with E-state index >= 15 is 0 Å². The van der Waals surface area contributed by atoms with Gasteiger partial charge in [0.25, 0.3) is 0 Å². The number of carbonyl (C=O) groups excluding carboxylic acids is 1. The number of rotatable bonds is 5. The standard InChI is InChI=1S/C17H14FN3O3/c1-10-19-17(21-20-10)15(23)9-14(22)16-7-6-13(24-16)8-11-2-4-12(18)5-3-11/h2-7,9,23H,8H2,1H3,(H,19,20,21). The first kappa shape index (κ1) is 15.7. The van der Waals surface area contributed by atoms with Crippen molar-refractivity contribution in [1.82, 2.24) is 15.2 Å². The minimum absolute atomic E-state index is 0.0407. The number of aliphatic hydroxyl groups is 1. The molecular weight excluding hydrogens is 313 g/mol. The van der Waals surface area contributed by atoms with Gasteiger partial charge in [0, 0.05) is 12.5 Å². The van der Waals surface area contributed by atoms with E-state index in [2.05, 4.69) is 15.2 Å². The molecule has 0 saturated carbocycles. The van der Waals surface area contributed by atoms with Crippen molar-refractivity contribution in [2.75, 3.05) is 0 Å². The lowest BCUT2D eigenvalue weighted by Gasteiger charge is -1.98. The molecule has 2 aromatic heterocycles. The summed E-state index contributed by atoms with van der Waals surface area (Å²) in [4.78, 5) is 16.0. The van der Waals surface area contributed by atoms with Gasteiger partial charge in [-0.1, -0.05) is 12.1 Å². The maximum absolute atomic E-state index is 12.9. The molecule has 6 nitrogen and oxygen atoms in total. The number of nitrogens with one attached hydrogen (secondary N) is 1. The van der Waals surface area contributed by atoms with Crippen molar-refractivity contribution in [3.8, 4) is 0 Å². The van der Waals surface area contributed by atoms with E-state index in [1.54, 1.807) is 25.1 Å². The van der Waals surface area contributed by atoms with Gasteiger partial charge in [0.2, 0.25) is 11.6 Å². The molecule has 1 aromatic carbocycles. The van der Waals surface area contributed by atoms with Crippen LogP contribution in [-0.2, 0) is 6.42 Å². The van der Waals surface area contributed by atoms with E-state index in [1.165, 1.54) is 18.2 Å². The number of carbonyl (C=O) groups is 1. The topological polar surface area (TPSA) is 92.0 Å². The second-order valence-electron chi connectivity index (χ2n) is 5.21. The summed E-state index contributed by atoms with van der Waals surface area (Å²) < 4.78 is 18.4. The summed E-state index contributed by atoms with van der Waals surface area (Å²) in [6, 6.07) is 9.22. The van der Waals surface area contributed by atoms with Gasteiger partial charge in [-0.3, -0.25) is 9.89 Å². The molecule has 0 bridgehead atoms. The Hall–Kier alpha value is -3.22. The van der Waals surface area contributed by atoms with Crippen LogP contribution in [0.5, 0.6) is 0 Å². The maximum Gasteiger partial charge on any atom is 0.224 e. The number of aryl methyl sites for hydroxylation is 1. The highest BCUT2D eigenvalue weighted by atomic mass is 19.1. The molecule has 122 valence electrons. The maximum atomic E-state index is 12.9. The molecule has 0 aliphatic heterocycles. The van der Waals surface area contributed by atoms with Gasteiger partial charge in [-0.15, -0.1) is 0 Å². The average molecular weight is 327 g/mol. The molecule has 0 fully saturated rings. The van der Waals surface area contributed by atoms with E-state index in [0.29, 0.717) is 18.0 Å². The predicted molar refractivity (Wildman–Crippen MR) is 84.0 cm³/mol. The van der Waals surface area contributed by atoms with Crippen molar-refractivity contribution in [2.45, 2.75) is 13.3 Å². The summed E-state index contributed by atoms with van der Waals surface area (Å²) in [6.45, 7) is 1.68. The highest BCUT2D eigenvalue weighted by Gasteiger charge is 2.13. The number of H-pyrrole nitrogens is 1. The smallest absolute Gasteiger partial charge is 0.224 e. The highest BCUT2D eigenvalue weighted by Crippen LogP contribution is 2.16. The van der Waals surface area contributed by atoms with E-state index in [9.17, 15) is 14.3 Å². The van der Waals surface area contributed by atoms with Crippen LogP contribution < -0.4 is 0 Å². The summed E-state index contributed by atoms with van der Waals surface area (Å²) in [7, 11) is 0. The Balaban J connectivity index is 1.72. The van der Waals surface area contributed by atoms with Crippen molar-refractivity contribution in [3.63, 3.8) is 0 Å². The van der Waals surface area contributed by atoms with Gasteiger partial charge < -0.3 is 9.52 Å². The zero-order valence-electron chi connectivity index (χ0n) is 12.8. The van der Waals surface area contributed by atoms with E-state index in [0.717, 1.165) is 11.6 Å². The Labute approximate surface area is 136 Å². The fraction of sp³-hybridized carbons (Fsp3) is 0.118. The van der Waals surface area contributed by atoms with Crippen molar-refractivity contribution in [3.05, 3.63) is 77.0 Å². The molecule has 0 amide bonds. The number of furan rings is 1. The molecule has 0 radical (unpaired) electrons. The number of halogens is 1. The summed E-state index contributed by atoms with van der Waals surface area (Å²) in [5.41, 5.74) is 0.860. The summed E-state index contributed by atoms with van der Waals surface area (Å²) in [5, 5.41) is 16.2. The van der Waals surface area contributed by atoms with Crippen LogP contribution in [-0.4, -0.2) is 26.1 Å². The normalized spacial score (nSPS) is 11.7. The molecule has 2 N–H and O–H groups in total. The third-order valence-electron chi connectivity index (χ3n) is 3.29. The zero-order chi connectivity index (χ0) is 17.1. The number of allylic oxidation sites excluding steroid dienone is 1. The summed E-state index contributed by atoms with van der Waals surface area (Å²) in [5.74, 6) is 0.0615. The lowest BCUT2D eigenvalue weighted by molar-refractivity contribution is 0.101. The van der Waals surface area contributed by atoms with Crippen LogP contribution in [0, 0.1) is 12.7 Å². The van der Waals surface area contributed by atoms with Gasteiger partial charge >= 0.3 is 0 Å². The number of hydrogen-bond acceptors (Lipinski definition) is 5. The lowest BCUT2D eigenvalue weighted by Crippen LogP contribution is -1.96. The molecule has 0 aliphatic carbocycles. The van der Waals surface area contributed by atoms with E-state index in [-0.39, 0.29) is 23.2 Å². The first-order chi connectivity index (χ1) is 11.5. The SMILES string of the molecule is Cc1nc(C(O)=CC(=O)c2ccc(Cc3ccc(F)cc3)o2)n[nH]1. The third-order valence-corrected chi connectivity index (χ3v) is 3.29. The van der Waals surface area contributed by atoms with Crippen LogP contribution >= 0.6 is 0 Å². The molecule has 3 rings (SSSR count). The van der Waals surface area contributed by atoms with E-state index < -0.39 is 5.78 Å². The van der Waals surface area contributed by atoms with Gasteiger partial charge in [-0.05, 0) is 36.8 Å². The van der Waals surface area contributed by atoms with Crippen LogP contribution in [0.2, 0.25) is 0 Å². The monoisotopic (exact) mass is 327 g/mol. The minimum atomic E-state index is -0.500. The molecule has 0 aliphatic rings. The minimum Gasteiger partial charge on any atom is -0.504 e. The number of aliphatic hydroxyl groups excluding tert-OH is 1. The lowest BCUT2D eigenvalue weighted by atomic mass is 10.1. The van der Waals surface area contributed by atoms with Crippen LogP contribution in [0.3, 0.4) is 0 Å². The second kappa shape index (κ2) is 6.49. The Morgan fingerprint density at radius 2 is 2.04 bits per heavy atom. The number of aromatic nitrogens is 3. The number of benzene rings is 1. The van der Waals surface area contributed by atoms with Crippen LogP contribution in [0.15, 0.2) is 46.9 Å². The quantitative estimate of drug-likeness (QED) is 0.426. The van der Waals surface area contributed by atoms with E-state index in [4.69, 9.17) is 4.42 Å². The second-order valence-corrected chi connectivity index (χ2v) is 5.21. The van der Waals surface area contributed by atoms with Gasteiger partial charge in [-0.2, -0.15) is 5.10 Å². The van der Waals surface area contributed by atoms with Gasteiger partial charge in [-0.25, -0.2) is 9.37 Å². The Bertz CT molecular complexity index is 894. The Morgan fingerprint density at radius 1 is 1.29 bits per heavy atom. The first-order valence-electron chi connectivity index (χ1n) is 7.19. The summed E-state index contributed by atoms with van der Waals surface area (Å²) in [6.07, 6.45) is 1.44. The molecule has 0 atom stereocenters. The number of hydrogen-bond donors (Lipinski definition) is 2. The molecule has 0 spiro atoms. The largest absolute Gasteiger partial charge is 0.504 e. The van der Waals surface area contributed by atoms with Gasteiger partial charge in [0.05, 0.1) is 0 Å². The van der Waals surface area contributed by atoms with Crippen molar-refractivity contribution >= 4 is 11.5 Å². The van der Waals surface area contributed by atoms with Crippen molar-refractivity contribution in [2.24, 2.45) is 0 Å². The number of ketones is 1. The number of nitrogens with zero attached hydrogens (tertiary/aromatic N) is 2. The Morgan fingerprint density at radius 3 is 2.71 bits per heavy atom. The predicted octanol–water partition coefficient (Wildman–Crippen LogP) is 3.22. The Kier molecular flexibility index (Phi) is 4.24. The molecule has 0 unspecified atom stereocenters. The fourth-order valence-electron chi connectivity index (χ4n) is 2.13. The van der Waals surface area contributed by atoms with Crippen LogP contribution in [0.25, 0.3) is 5.76 Å². The molecule has 7 heteroatoms. The fourth-order valence-corrected chi connectivity index (χ4v) is 2.13. The van der Waals surface area contributed by atoms with E-state index in [1.807, 2.05) is 0 Å². The van der Waals surface area contributed by atoms with Crippen molar-refractivity contribution in [1.29, 1.82) is 0 Å². The molecule has 0 saturated heterocycles. The zero-order valence-corrected chi connectivity index (χ0v) is 12.8. The average Bonchev–Trinajstić information content (AvgIpc) is 3.19. The highest BCUT2D eigenvalue weighted by molar-refractivity contribution is 6.05. The molecule has 24 heavy (non-hydrogen) atoms. The third kappa shape index (κ3) is 3.57. The van der Waals surface area contributed by atoms with Gasteiger partial charge in [0.1, 0.15) is 17.4 Å². The van der Waals surface area contributed by atoms with Gasteiger partial charge in [0.15, 0.2) is 11.5 Å². The van der Waals surface area contributed by atoms with Crippen LogP contribution in [0.4, 0.5) is 4.39 Å². The van der Waals surface area contributed by atoms with Crippen LogP contribution in [0.1, 0.15) is 33.5 Å². The molecule has 3 aromatic rings. The first-order valence-corrected chi connectivity index (χ1v) is 7.19.